The number of hydrogen-bond donors (Lipinski definition) is 0. The molecule has 0 N–H and O–H groups in total. The van der Waals surface area contributed by atoms with Crippen molar-refractivity contribution >= 4 is 15.2 Å². The van der Waals surface area contributed by atoms with Crippen LogP contribution in [-0.4, -0.2) is 28.4 Å². The molecule has 7 nitrogen and oxygen atoms in total. The molecule has 0 radical (unpaired) electrons. The lowest BCUT2D eigenvalue weighted by Gasteiger charge is -2.27. The van der Waals surface area contributed by atoms with Crippen LogP contribution < -0.4 is 0 Å². The van der Waals surface area contributed by atoms with Gasteiger partial charge in [-0.2, -0.15) is 0 Å². The standard InChI is InChI=1S/C9H16O7P2/c1-12-17(10,13-2)9(8-5-6-16-7-8)18(11,14-3)15-4/h5-7,9H,1-4H3. The predicted molar refractivity (Wildman–Crippen MR) is 64.7 cm³/mol. The van der Waals surface area contributed by atoms with Crippen molar-refractivity contribution in [3.63, 3.8) is 0 Å². The van der Waals surface area contributed by atoms with E-state index in [0.717, 1.165) is 0 Å². The molecule has 0 saturated heterocycles. The Hall–Kier alpha value is -0.420. The SMILES string of the molecule is COP(=O)(OC)C(c1ccoc1)P(=O)(OC)OC. The fourth-order valence-electron chi connectivity index (χ4n) is 1.51. The molecule has 0 spiro atoms. The van der Waals surface area contributed by atoms with Gasteiger partial charge in [-0.05, 0) is 6.07 Å². The fourth-order valence-corrected chi connectivity index (χ4v) is 6.15. The van der Waals surface area contributed by atoms with Crippen LogP contribution in [0.5, 0.6) is 0 Å². The summed E-state index contributed by atoms with van der Waals surface area (Å²) in [5.41, 5.74) is 0.356. The van der Waals surface area contributed by atoms with Crippen molar-refractivity contribution in [2.45, 2.75) is 5.40 Å². The van der Waals surface area contributed by atoms with E-state index in [1.54, 1.807) is 0 Å². The normalized spacial score (nSPS) is 13.2. The van der Waals surface area contributed by atoms with E-state index in [4.69, 9.17) is 22.5 Å². The van der Waals surface area contributed by atoms with E-state index in [1.165, 1.54) is 47.0 Å². The van der Waals surface area contributed by atoms with Gasteiger partial charge in [-0.15, -0.1) is 0 Å². The third kappa shape index (κ3) is 2.77. The van der Waals surface area contributed by atoms with Gasteiger partial charge in [0.25, 0.3) is 0 Å². The molecule has 0 aliphatic heterocycles. The average Bonchev–Trinajstić information content (AvgIpc) is 2.91. The van der Waals surface area contributed by atoms with Crippen LogP contribution >= 0.6 is 15.2 Å². The van der Waals surface area contributed by atoms with Gasteiger partial charge >= 0.3 is 15.2 Å². The molecule has 0 atom stereocenters. The van der Waals surface area contributed by atoms with Gasteiger partial charge < -0.3 is 22.5 Å². The van der Waals surface area contributed by atoms with E-state index >= 15 is 0 Å². The summed E-state index contributed by atoms with van der Waals surface area (Å²) in [5.74, 6) is 0. The Balaban J connectivity index is 3.37. The van der Waals surface area contributed by atoms with Gasteiger partial charge in [-0.3, -0.25) is 9.13 Å². The van der Waals surface area contributed by atoms with Crippen molar-refractivity contribution in [1.82, 2.24) is 0 Å². The Bertz CT molecular complexity index is 413. The van der Waals surface area contributed by atoms with Crippen molar-refractivity contribution in [3.05, 3.63) is 24.2 Å². The Morgan fingerprint density at radius 3 is 1.72 bits per heavy atom. The Kier molecular flexibility index (Phi) is 5.34. The van der Waals surface area contributed by atoms with Crippen LogP contribution in [-0.2, 0) is 27.2 Å². The van der Waals surface area contributed by atoms with Crippen LogP contribution in [0.15, 0.2) is 23.0 Å². The molecule has 1 aromatic heterocycles. The zero-order valence-corrected chi connectivity index (χ0v) is 12.4. The molecule has 104 valence electrons. The number of rotatable bonds is 7. The smallest absolute Gasteiger partial charge is 0.349 e. The third-order valence-corrected chi connectivity index (χ3v) is 7.99. The largest absolute Gasteiger partial charge is 0.472 e. The lowest BCUT2D eigenvalue weighted by Crippen LogP contribution is -2.07. The average molecular weight is 298 g/mol. The van der Waals surface area contributed by atoms with Crippen LogP contribution in [0.25, 0.3) is 0 Å². The molecule has 0 saturated carbocycles. The minimum atomic E-state index is -3.71. The number of hydrogen-bond acceptors (Lipinski definition) is 7. The van der Waals surface area contributed by atoms with Crippen LogP contribution in [0, 0.1) is 0 Å². The van der Waals surface area contributed by atoms with Crippen molar-refractivity contribution in [2.24, 2.45) is 0 Å². The maximum absolute atomic E-state index is 12.5. The summed E-state index contributed by atoms with van der Waals surface area (Å²) in [7, 11) is -2.61. The van der Waals surface area contributed by atoms with Gasteiger partial charge in [-0.25, -0.2) is 0 Å². The molecule has 0 unspecified atom stereocenters. The molecule has 0 aliphatic rings. The van der Waals surface area contributed by atoms with Crippen molar-refractivity contribution < 1.29 is 31.6 Å². The predicted octanol–water partition coefficient (Wildman–Crippen LogP) is 3.25. The highest BCUT2D eigenvalue weighted by atomic mass is 31.2. The fraction of sp³-hybridized carbons (Fsp3) is 0.556. The molecule has 1 rings (SSSR count). The molecule has 0 amide bonds. The van der Waals surface area contributed by atoms with Crippen molar-refractivity contribution in [3.8, 4) is 0 Å². The minimum absolute atomic E-state index is 0.356. The molecular formula is C9H16O7P2. The highest BCUT2D eigenvalue weighted by molar-refractivity contribution is 7.72. The topological polar surface area (TPSA) is 84.2 Å². The summed E-state index contributed by atoms with van der Waals surface area (Å²) in [6.07, 6.45) is 2.65. The van der Waals surface area contributed by atoms with Crippen LogP contribution in [0.4, 0.5) is 0 Å². The molecule has 0 aromatic carbocycles. The minimum Gasteiger partial charge on any atom is -0.472 e. The molecule has 0 bridgehead atoms. The summed E-state index contributed by atoms with van der Waals surface area (Å²) in [5, 5.41) is -1.20. The second-order valence-electron chi connectivity index (χ2n) is 3.24. The second-order valence-corrected chi connectivity index (χ2v) is 8.30. The number of furan rings is 1. The monoisotopic (exact) mass is 298 g/mol. The molecule has 0 fully saturated rings. The zero-order valence-electron chi connectivity index (χ0n) is 10.6. The molecule has 1 aromatic rings. The van der Waals surface area contributed by atoms with Gasteiger partial charge in [0.15, 0.2) is 5.40 Å². The lowest BCUT2D eigenvalue weighted by molar-refractivity contribution is 0.247. The Morgan fingerprint density at radius 1 is 1.00 bits per heavy atom. The highest BCUT2D eigenvalue weighted by Crippen LogP contribution is 2.77. The van der Waals surface area contributed by atoms with Crippen LogP contribution in [0.1, 0.15) is 11.0 Å². The molecule has 1 heterocycles. The summed E-state index contributed by atoms with van der Waals surface area (Å²) >= 11 is 0. The van der Waals surface area contributed by atoms with Crippen LogP contribution in [0.3, 0.4) is 0 Å². The molecule has 0 aliphatic carbocycles. The van der Waals surface area contributed by atoms with E-state index < -0.39 is 20.6 Å². The highest BCUT2D eigenvalue weighted by Gasteiger charge is 2.51. The quantitative estimate of drug-likeness (QED) is 0.714. The van der Waals surface area contributed by atoms with Crippen LogP contribution in [0.2, 0.25) is 0 Å². The first-order valence-electron chi connectivity index (χ1n) is 4.92. The van der Waals surface area contributed by atoms with Gasteiger partial charge in [0.05, 0.1) is 12.5 Å². The van der Waals surface area contributed by atoms with Gasteiger partial charge in [0.1, 0.15) is 0 Å². The van der Waals surface area contributed by atoms with Gasteiger partial charge in [0.2, 0.25) is 0 Å². The summed E-state index contributed by atoms with van der Waals surface area (Å²) < 4.78 is 49.4. The van der Waals surface area contributed by atoms with Crippen molar-refractivity contribution in [1.29, 1.82) is 0 Å². The van der Waals surface area contributed by atoms with Gasteiger partial charge in [-0.1, -0.05) is 0 Å². The van der Waals surface area contributed by atoms with E-state index in [2.05, 4.69) is 0 Å². The molecule has 9 heteroatoms. The maximum atomic E-state index is 12.5. The summed E-state index contributed by atoms with van der Waals surface area (Å²) in [6.45, 7) is 0. The Labute approximate surface area is 105 Å². The first kappa shape index (κ1) is 15.6. The van der Waals surface area contributed by atoms with E-state index in [9.17, 15) is 9.13 Å². The molecule has 18 heavy (non-hydrogen) atoms. The Morgan fingerprint density at radius 2 is 1.44 bits per heavy atom. The molecular weight excluding hydrogens is 282 g/mol. The van der Waals surface area contributed by atoms with Gasteiger partial charge in [0, 0.05) is 34.0 Å². The van der Waals surface area contributed by atoms with E-state index in [1.807, 2.05) is 0 Å². The van der Waals surface area contributed by atoms with Crippen molar-refractivity contribution in [2.75, 3.05) is 28.4 Å². The second kappa shape index (κ2) is 6.15. The zero-order chi connectivity index (χ0) is 13.8. The first-order valence-corrected chi connectivity index (χ1v) is 8.14. The maximum Gasteiger partial charge on any atom is 0.349 e. The summed E-state index contributed by atoms with van der Waals surface area (Å²) in [6, 6.07) is 1.50. The lowest BCUT2D eigenvalue weighted by atomic mass is 10.4. The summed E-state index contributed by atoms with van der Waals surface area (Å²) in [4.78, 5) is 0. The third-order valence-electron chi connectivity index (χ3n) is 2.46. The first-order chi connectivity index (χ1) is 8.47. The van der Waals surface area contributed by atoms with E-state index in [-0.39, 0.29) is 0 Å². The van der Waals surface area contributed by atoms with E-state index in [0.29, 0.717) is 5.56 Å².